The number of hydrogen-bond donors (Lipinski definition) is 2. The first-order valence-corrected chi connectivity index (χ1v) is 9.59. The summed E-state index contributed by atoms with van der Waals surface area (Å²) in [6, 6.07) is 2.59. The Balaban J connectivity index is 2.18. The number of aromatic nitrogens is 3. The predicted molar refractivity (Wildman–Crippen MR) is 109 cm³/mol. The van der Waals surface area contributed by atoms with Gasteiger partial charge in [0.2, 0.25) is 0 Å². The van der Waals surface area contributed by atoms with E-state index in [2.05, 4.69) is 10.4 Å². The average Bonchev–Trinajstić information content (AvgIpc) is 3.20. The van der Waals surface area contributed by atoms with Gasteiger partial charge in [-0.15, -0.1) is 0 Å². The molecule has 154 valence electrons. The van der Waals surface area contributed by atoms with Crippen molar-refractivity contribution in [2.75, 3.05) is 0 Å². The van der Waals surface area contributed by atoms with Crippen LogP contribution < -0.4 is 5.32 Å². The van der Waals surface area contributed by atoms with Gasteiger partial charge in [-0.2, -0.15) is 5.10 Å². The molecule has 8 heteroatoms. The van der Waals surface area contributed by atoms with Gasteiger partial charge in [-0.05, 0) is 45.7 Å². The second kappa shape index (κ2) is 7.69. The van der Waals surface area contributed by atoms with E-state index >= 15 is 0 Å². The molecule has 3 aromatic heterocycles. The Morgan fingerprint density at radius 1 is 1.17 bits per heavy atom. The van der Waals surface area contributed by atoms with Gasteiger partial charge in [0.1, 0.15) is 17.6 Å². The monoisotopic (exact) mass is 398 g/mol. The van der Waals surface area contributed by atoms with Gasteiger partial charge in [0.05, 0.1) is 22.8 Å². The van der Waals surface area contributed by atoms with Gasteiger partial charge in [-0.3, -0.25) is 4.79 Å². The number of nitrogens with one attached hydrogen (secondary N) is 1. The van der Waals surface area contributed by atoms with Crippen molar-refractivity contribution in [3.8, 4) is 11.3 Å². The van der Waals surface area contributed by atoms with Crippen molar-refractivity contribution in [3.63, 3.8) is 0 Å². The van der Waals surface area contributed by atoms with E-state index in [1.807, 2.05) is 33.8 Å². The molecule has 0 fully saturated rings. The second-order valence-corrected chi connectivity index (χ2v) is 7.84. The number of hydrogen-bond acceptors (Lipinski definition) is 5. The van der Waals surface area contributed by atoms with Crippen LogP contribution in [0.3, 0.4) is 0 Å². The first-order valence-electron chi connectivity index (χ1n) is 9.59. The Hall–Kier alpha value is -3.16. The molecule has 0 aromatic carbocycles. The lowest BCUT2D eigenvalue weighted by molar-refractivity contribution is -0.140. The maximum Gasteiger partial charge on any atom is 0.326 e. The molecule has 3 heterocycles. The van der Waals surface area contributed by atoms with E-state index in [4.69, 9.17) is 9.40 Å². The van der Waals surface area contributed by atoms with Crippen LogP contribution >= 0.6 is 0 Å². The van der Waals surface area contributed by atoms with Crippen LogP contribution in [0, 0.1) is 19.8 Å². The van der Waals surface area contributed by atoms with Crippen LogP contribution in [-0.2, 0) is 4.79 Å². The lowest BCUT2D eigenvalue weighted by atomic mass is 10.0. The Labute approximate surface area is 168 Å². The first-order chi connectivity index (χ1) is 13.6. The molecule has 3 rings (SSSR count). The maximum absolute atomic E-state index is 13.1. The third kappa shape index (κ3) is 3.87. The summed E-state index contributed by atoms with van der Waals surface area (Å²) in [4.78, 5) is 29.4. The number of rotatable bonds is 6. The van der Waals surface area contributed by atoms with Gasteiger partial charge in [-0.25, -0.2) is 14.5 Å². The molecule has 0 unspecified atom stereocenters. The number of amides is 1. The standard InChI is InChI=1S/C21H26N4O4/c1-10(2)18(21(27)28)24-20(26)15-8-17(14-7-12(5)29-13(14)6)23-19-16(15)9-22-25(19)11(3)4/h7-11,18H,1-6H3,(H,24,26)(H,27,28)/t18-/m0/s1. The van der Waals surface area contributed by atoms with Gasteiger partial charge in [0, 0.05) is 11.6 Å². The van der Waals surface area contributed by atoms with Crippen LogP contribution in [0.2, 0.25) is 0 Å². The summed E-state index contributed by atoms with van der Waals surface area (Å²) in [5.74, 6) is -0.361. The number of fused-ring (bicyclic) bond motifs is 1. The summed E-state index contributed by atoms with van der Waals surface area (Å²) >= 11 is 0. The zero-order valence-corrected chi connectivity index (χ0v) is 17.5. The summed E-state index contributed by atoms with van der Waals surface area (Å²) in [6.07, 6.45) is 1.60. The summed E-state index contributed by atoms with van der Waals surface area (Å²) < 4.78 is 7.37. The topological polar surface area (TPSA) is 110 Å². The highest BCUT2D eigenvalue weighted by Gasteiger charge is 2.26. The third-order valence-electron chi connectivity index (χ3n) is 4.84. The van der Waals surface area contributed by atoms with Gasteiger partial charge in [-0.1, -0.05) is 13.8 Å². The zero-order chi connectivity index (χ0) is 21.5. The van der Waals surface area contributed by atoms with E-state index in [0.29, 0.717) is 28.1 Å². The molecule has 2 N–H and O–H groups in total. The molecule has 3 aromatic rings. The van der Waals surface area contributed by atoms with Crippen LogP contribution in [0.25, 0.3) is 22.3 Å². The fourth-order valence-electron chi connectivity index (χ4n) is 3.34. The lowest BCUT2D eigenvalue weighted by Gasteiger charge is -2.18. The highest BCUT2D eigenvalue weighted by molar-refractivity contribution is 6.07. The molecule has 0 bridgehead atoms. The minimum Gasteiger partial charge on any atom is -0.480 e. The molecule has 1 atom stereocenters. The number of nitrogens with zero attached hydrogens (tertiary/aromatic N) is 3. The molecular weight excluding hydrogens is 372 g/mol. The quantitative estimate of drug-likeness (QED) is 0.655. The number of carboxylic acids is 1. The molecule has 0 spiro atoms. The van der Waals surface area contributed by atoms with Crippen molar-refractivity contribution in [3.05, 3.63) is 35.4 Å². The molecule has 0 aliphatic heterocycles. The summed E-state index contributed by atoms with van der Waals surface area (Å²) in [6.45, 7) is 11.1. The number of carbonyl (C=O) groups is 2. The smallest absolute Gasteiger partial charge is 0.326 e. The zero-order valence-electron chi connectivity index (χ0n) is 17.5. The minimum absolute atomic E-state index is 0.0424. The second-order valence-electron chi connectivity index (χ2n) is 7.84. The Morgan fingerprint density at radius 3 is 2.38 bits per heavy atom. The molecule has 29 heavy (non-hydrogen) atoms. The molecule has 1 amide bonds. The molecule has 0 saturated heterocycles. The van der Waals surface area contributed by atoms with Crippen LogP contribution in [-0.4, -0.2) is 37.8 Å². The summed E-state index contributed by atoms with van der Waals surface area (Å²) in [5, 5.41) is 17.0. The van der Waals surface area contributed by atoms with Crippen LogP contribution in [0.5, 0.6) is 0 Å². The third-order valence-corrected chi connectivity index (χ3v) is 4.84. The van der Waals surface area contributed by atoms with E-state index in [1.165, 1.54) is 0 Å². The fourth-order valence-corrected chi connectivity index (χ4v) is 3.34. The van der Waals surface area contributed by atoms with Crippen molar-refractivity contribution in [1.82, 2.24) is 20.1 Å². The fraction of sp³-hybridized carbons (Fsp3) is 0.429. The van der Waals surface area contributed by atoms with Gasteiger partial charge in [0.15, 0.2) is 5.65 Å². The number of furan rings is 1. The normalized spacial score (nSPS) is 12.7. The number of aryl methyl sites for hydroxylation is 2. The Kier molecular flexibility index (Phi) is 5.46. The van der Waals surface area contributed by atoms with Crippen molar-refractivity contribution < 1.29 is 19.1 Å². The van der Waals surface area contributed by atoms with E-state index < -0.39 is 17.9 Å². The summed E-state index contributed by atoms with van der Waals surface area (Å²) in [7, 11) is 0. The van der Waals surface area contributed by atoms with Gasteiger partial charge >= 0.3 is 5.97 Å². The van der Waals surface area contributed by atoms with Gasteiger partial charge in [0.25, 0.3) is 5.91 Å². The number of pyridine rings is 1. The van der Waals surface area contributed by atoms with E-state index in [-0.39, 0.29) is 12.0 Å². The van der Waals surface area contributed by atoms with Crippen molar-refractivity contribution in [2.24, 2.45) is 5.92 Å². The van der Waals surface area contributed by atoms with Crippen molar-refractivity contribution in [1.29, 1.82) is 0 Å². The van der Waals surface area contributed by atoms with E-state index in [1.54, 1.807) is 30.8 Å². The van der Waals surface area contributed by atoms with Crippen LogP contribution in [0.1, 0.15) is 55.6 Å². The molecule has 8 nitrogen and oxygen atoms in total. The van der Waals surface area contributed by atoms with Crippen LogP contribution in [0.15, 0.2) is 22.7 Å². The molecule has 0 radical (unpaired) electrons. The number of aliphatic carboxylic acids is 1. The van der Waals surface area contributed by atoms with Crippen LogP contribution in [0.4, 0.5) is 0 Å². The average molecular weight is 398 g/mol. The largest absolute Gasteiger partial charge is 0.480 e. The highest BCUT2D eigenvalue weighted by atomic mass is 16.4. The SMILES string of the molecule is Cc1cc(-c2cc(C(=O)N[C@H](C(=O)O)C(C)C)c3cnn(C(C)C)c3n2)c(C)o1. The number of carboxylic acid groups (broad SMARTS) is 1. The lowest BCUT2D eigenvalue weighted by Crippen LogP contribution is -2.44. The Morgan fingerprint density at radius 2 is 1.86 bits per heavy atom. The minimum atomic E-state index is -1.07. The molecular formula is C21H26N4O4. The highest BCUT2D eigenvalue weighted by Crippen LogP contribution is 2.30. The van der Waals surface area contributed by atoms with E-state index in [9.17, 15) is 14.7 Å². The molecule has 0 aliphatic rings. The van der Waals surface area contributed by atoms with E-state index in [0.717, 1.165) is 11.3 Å². The molecule has 0 saturated carbocycles. The first kappa shape index (κ1) is 20.6. The summed E-state index contributed by atoms with van der Waals surface area (Å²) in [5.41, 5.74) is 2.27. The maximum atomic E-state index is 13.1. The molecule has 0 aliphatic carbocycles. The van der Waals surface area contributed by atoms with Crippen molar-refractivity contribution in [2.45, 2.75) is 53.6 Å². The van der Waals surface area contributed by atoms with Crippen molar-refractivity contribution >= 4 is 22.9 Å². The van der Waals surface area contributed by atoms with Gasteiger partial charge < -0.3 is 14.8 Å². The predicted octanol–water partition coefficient (Wildman–Crippen LogP) is 3.73. The Bertz CT molecular complexity index is 1080. The number of carbonyl (C=O) groups excluding carboxylic acids is 1.